The Hall–Kier alpha value is -2.38. The van der Waals surface area contributed by atoms with Crippen LogP contribution in [0.25, 0.3) is 0 Å². The first-order valence-corrected chi connectivity index (χ1v) is 14.1. The molecule has 4 nitrogen and oxygen atoms in total. The standard InChI is InChI=1S/C31H37F3O4/c1-2-3-27(35)20-6-4-18(5-7-20)23-14-15-24(30(34)29(23)33)19-8-11-22(12-9-19)38-31(36)25-13-10-21(16-26(25)32)28-17-37-28/h10,13-16,18-20,22,27-28,35H,2-9,11-12,17H2,1H3. The van der Waals surface area contributed by atoms with E-state index in [9.17, 15) is 14.3 Å². The molecule has 1 aliphatic heterocycles. The van der Waals surface area contributed by atoms with E-state index in [1.807, 2.05) is 0 Å². The number of halogens is 3. The number of hydrogen-bond donors (Lipinski definition) is 1. The largest absolute Gasteiger partial charge is 0.459 e. The lowest BCUT2D eigenvalue weighted by molar-refractivity contribution is 0.0189. The van der Waals surface area contributed by atoms with E-state index >= 15 is 8.78 Å². The minimum Gasteiger partial charge on any atom is -0.459 e. The highest BCUT2D eigenvalue weighted by atomic mass is 19.2. The van der Waals surface area contributed by atoms with Gasteiger partial charge >= 0.3 is 5.97 Å². The van der Waals surface area contributed by atoms with Crippen molar-refractivity contribution >= 4 is 5.97 Å². The number of rotatable bonds is 8. The molecule has 2 aromatic rings. The highest BCUT2D eigenvalue weighted by Crippen LogP contribution is 2.42. The summed E-state index contributed by atoms with van der Waals surface area (Å²) in [5.74, 6) is -2.77. The molecule has 2 aromatic carbocycles. The maximum Gasteiger partial charge on any atom is 0.341 e. The van der Waals surface area contributed by atoms with E-state index in [0.29, 0.717) is 49.0 Å². The Labute approximate surface area is 222 Å². The zero-order valence-electron chi connectivity index (χ0n) is 21.9. The maximum absolute atomic E-state index is 15.2. The summed E-state index contributed by atoms with van der Waals surface area (Å²) in [6.45, 7) is 2.62. The van der Waals surface area contributed by atoms with E-state index in [-0.39, 0.29) is 41.6 Å². The van der Waals surface area contributed by atoms with E-state index in [1.165, 1.54) is 12.1 Å². The number of esters is 1. The Bertz CT molecular complexity index is 1130. The van der Waals surface area contributed by atoms with Crippen molar-refractivity contribution in [2.75, 3.05) is 6.61 Å². The van der Waals surface area contributed by atoms with Crippen LogP contribution in [0.5, 0.6) is 0 Å². The first-order chi connectivity index (χ1) is 18.4. The van der Waals surface area contributed by atoms with E-state index < -0.39 is 23.4 Å². The molecule has 5 rings (SSSR count). The summed E-state index contributed by atoms with van der Waals surface area (Å²) in [4.78, 5) is 12.5. The monoisotopic (exact) mass is 530 g/mol. The highest BCUT2D eigenvalue weighted by molar-refractivity contribution is 5.89. The van der Waals surface area contributed by atoms with Crippen LogP contribution in [0.2, 0.25) is 0 Å². The number of aliphatic hydroxyl groups is 1. The van der Waals surface area contributed by atoms with Crippen molar-refractivity contribution in [2.45, 2.75) is 101 Å². The number of carbonyl (C=O) groups is 1. The second kappa shape index (κ2) is 11.8. The van der Waals surface area contributed by atoms with Crippen LogP contribution < -0.4 is 0 Å². The Morgan fingerprint density at radius 3 is 2.05 bits per heavy atom. The molecule has 0 spiro atoms. The molecule has 2 unspecified atom stereocenters. The van der Waals surface area contributed by atoms with Crippen molar-refractivity contribution in [3.8, 4) is 0 Å². The van der Waals surface area contributed by atoms with Crippen LogP contribution in [0, 0.1) is 23.4 Å². The number of benzene rings is 2. The van der Waals surface area contributed by atoms with Gasteiger partial charge in [-0.05, 0) is 104 Å². The topological polar surface area (TPSA) is 59.1 Å². The van der Waals surface area contributed by atoms with Gasteiger partial charge in [0, 0.05) is 0 Å². The molecule has 38 heavy (non-hydrogen) atoms. The van der Waals surface area contributed by atoms with E-state index in [1.54, 1.807) is 18.2 Å². The van der Waals surface area contributed by atoms with Crippen molar-refractivity contribution in [3.63, 3.8) is 0 Å². The number of ether oxygens (including phenoxy) is 2. The normalized spacial score (nSPS) is 28.1. The predicted molar refractivity (Wildman–Crippen MR) is 137 cm³/mol. The fourth-order valence-corrected chi connectivity index (χ4v) is 6.40. The third-order valence-electron chi connectivity index (χ3n) is 8.79. The first-order valence-electron chi connectivity index (χ1n) is 14.1. The quantitative estimate of drug-likeness (QED) is 0.284. The number of aliphatic hydroxyl groups excluding tert-OH is 1. The van der Waals surface area contributed by atoms with Gasteiger partial charge in [-0.15, -0.1) is 0 Å². The summed E-state index contributed by atoms with van der Waals surface area (Å²) in [5.41, 5.74) is 1.43. The maximum atomic E-state index is 15.2. The number of epoxide rings is 1. The lowest BCUT2D eigenvalue weighted by atomic mass is 9.75. The third kappa shape index (κ3) is 5.94. The zero-order valence-corrected chi connectivity index (χ0v) is 21.9. The zero-order chi connectivity index (χ0) is 26.8. The molecular formula is C31H37F3O4. The van der Waals surface area contributed by atoms with Gasteiger partial charge in [0.25, 0.3) is 0 Å². The second-order valence-corrected chi connectivity index (χ2v) is 11.3. The van der Waals surface area contributed by atoms with Crippen LogP contribution in [0.1, 0.15) is 116 Å². The van der Waals surface area contributed by atoms with E-state index in [4.69, 9.17) is 9.47 Å². The van der Waals surface area contributed by atoms with Crippen LogP contribution in [-0.2, 0) is 9.47 Å². The predicted octanol–water partition coefficient (Wildman–Crippen LogP) is 7.49. The van der Waals surface area contributed by atoms with Crippen molar-refractivity contribution in [1.82, 2.24) is 0 Å². The summed E-state index contributed by atoms with van der Waals surface area (Å²) in [6.07, 6.45) is 6.29. The summed E-state index contributed by atoms with van der Waals surface area (Å²) in [7, 11) is 0. The van der Waals surface area contributed by atoms with Crippen LogP contribution in [0.3, 0.4) is 0 Å². The van der Waals surface area contributed by atoms with Crippen molar-refractivity contribution < 1.29 is 32.5 Å². The molecule has 2 atom stereocenters. The summed E-state index contributed by atoms with van der Waals surface area (Å²) in [6, 6.07) is 7.89. The fraction of sp³-hybridized carbons (Fsp3) is 0.581. The molecule has 206 valence electrons. The highest BCUT2D eigenvalue weighted by Gasteiger charge is 2.32. The second-order valence-electron chi connectivity index (χ2n) is 11.3. The van der Waals surface area contributed by atoms with Crippen molar-refractivity contribution in [1.29, 1.82) is 0 Å². The van der Waals surface area contributed by atoms with Crippen molar-refractivity contribution in [3.05, 3.63) is 70.0 Å². The van der Waals surface area contributed by atoms with Gasteiger partial charge in [0.2, 0.25) is 0 Å². The minimum absolute atomic E-state index is 0.0231. The molecule has 7 heteroatoms. The molecule has 0 bridgehead atoms. The first kappa shape index (κ1) is 27.2. The average Bonchev–Trinajstić information content (AvgIpc) is 3.77. The molecule has 2 aliphatic carbocycles. The molecule has 0 aromatic heterocycles. The van der Waals surface area contributed by atoms with Gasteiger partial charge in [-0.1, -0.05) is 31.5 Å². The van der Waals surface area contributed by atoms with Crippen LogP contribution in [0.15, 0.2) is 30.3 Å². The minimum atomic E-state index is -0.766. The van der Waals surface area contributed by atoms with Crippen molar-refractivity contribution in [2.24, 2.45) is 5.92 Å². The molecule has 1 N–H and O–H groups in total. The van der Waals surface area contributed by atoms with E-state index in [0.717, 1.165) is 38.5 Å². The number of carbonyl (C=O) groups excluding carboxylic acids is 1. The molecule has 0 amide bonds. The molecule has 1 saturated heterocycles. The van der Waals surface area contributed by atoms with E-state index in [2.05, 4.69) is 6.92 Å². The third-order valence-corrected chi connectivity index (χ3v) is 8.79. The van der Waals surface area contributed by atoms with Gasteiger partial charge in [0.1, 0.15) is 18.0 Å². The molecule has 1 heterocycles. The fourth-order valence-electron chi connectivity index (χ4n) is 6.40. The summed E-state index contributed by atoms with van der Waals surface area (Å²) >= 11 is 0. The van der Waals surface area contributed by atoms with Gasteiger partial charge in [-0.2, -0.15) is 0 Å². The summed E-state index contributed by atoms with van der Waals surface area (Å²) in [5, 5.41) is 10.3. The Balaban J connectivity index is 1.15. The SMILES string of the molecule is CCCC(O)C1CCC(c2ccc(C3CCC(OC(=O)c4ccc(C5CO5)cc4F)CC3)c(F)c2F)CC1. The summed E-state index contributed by atoms with van der Waals surface area (Å²) < 4.78 is 55.5. The van der Waals surface area contributed by atoms with Crippen LogP contribution >= 0.6 is 0 Å². The lowest BCUT2D eigenvalue weighted by Crippen LogP contribution is -2.26. The average molecular weight is 531 g/mol. The van der Waals surface area contributed by atoms with Gasteiger partial charge in [-0.25, -0.2) is 18.0 Å². The molecular weight excluding hydrogens is 493 g/mol. The van der Waals surface area contributed by atoms with Gasteiger partial charge in [0.05, 0.1) is 18.3 Å². The lowest BCUT2D eigenvalue weighted by Gasteiger charge is -2.32. The Morgan fingerprint density at radius 2 is 1.53 bits per heavy atom. The van der Waals surface area contributed by atoms with Gasteiger partial charge < -0.3 is 14.6 Å². The molecule has 3 aliphatic rings. The molecule has 3 fully saturated rings. The Kier molecular flexibility index (Phi) is 8.44. The Morgan fingerprint density at radius 1 is 0.947 bits per heavy atom. The molecule has 2 saturated carbocycles. The van der Waals surface area contributed by atoms with Gasteiger partial charge in [0.15, 0.2) is 11.6 Å². The number of hydrogen-bond acceptors (Lipinski definition) is 4. The molecule has 0 radical (unpaired) electrons. The van der Waals surface area contributed by atoms with Gasteiger partial charge in [-0.3, -0.25) is 0 Å². The smallest absolute Gasteiger partial charge is 0.341 e. The van der Waals surface area contributed by atoms with Crippen LogP contribution in [-0.4, -0.2) is 29.9 Å². The van der Waals surface area contributed by atoms with Crippen LogP contribution in [0.4, 0.5) is 13.2 Å².